The molecule has 2 aromatic rings. The molecule has 1 aromatic carbocycles. The predicted molar refractivity (Wildman–Crippen MR) is 88.6 cm³/mol. The van der Waals surface area contributed by atoms with Crippen molar-refractivity contribution in [3.8, 4) is 5.75 Å². The van der Waals surface area contributed by atoms with Crippen molar-refractivity contribution in [2.45, 2.75) is 19.4 Å². The summed E-state index contributed by atoms with van der Waals surface area (Å²) >= 11 is 0. The smallest absolute Gasteiger partial charge is 0.226 e. The van der Waals surface area contributed by atoms with Gasteiger partial charge in [0.15, 0.2) is 5.75 Å². The lowest BCUT2D eigenvalue weighted by atomic mass is 10.1. The van der Waals surface area contributed by atoms with Crippen molar-refractivity contribution in [3.63, 3.8) is 0 Å². The molecule has 0 radical (unpaired) electrons. The first-order valence-corrected chi connectivity index (χ1v) is 7.75. The molecule has 1 heterocycles. The van der Waals surface area contributed by atoms with Crippen LogP contribution in [0.2, 0.25) is 0 Å². The van der Waals surface area contributed by atoms with Gasteiger partial charge in [0.05, 0.1) is 13.2 Å². The molecule has 1 aromatic heterocycles. The summed E-state index contributed by atoms with van der Waals surface area (Å²) in [5.41, 5.74) is 0.901. The fraction of sp³-hybridized carbons (Fsp3) is 0.389. The highest BCUT2D eigenvalue weighted by molar-refractivity contribution is 5.16. The van der Waals surface area contributed by atoms with Gasteiger partial charge in [0.25, 0.3) is 0 Å². The van der Waals surface area contributed by atoms with Crippen LogP contribution in [0.1, 0.15) is 17.7 Å². The molecule has 0 aliphatic carbocycles. The molecule has 0 atom stereocenters. The number of hydrogen-bond acceptors (Lipinski definition) is 5. The molecule has 5 heteroatoms. The van der Waals surface area contributed by atoms with E-state index in [-0.39, 0.29) is 5.75 Å². The van der Waals surface area contributed by atoms with E-state index in [0.29, 0.717) is 18.9 Å². The van der Waals surface area contributed by atoms with Crippen molar-refractivity contribution in [2.24, 2.45) is 0 Å². The van der Waals surface area contributed by atoms with Crippen LogP contribution in [0.25, 0.3) is 0 Å². The van der Waals surface area contributed by atoms with Gasteiger partial charge in [0.2, 0.25) is 5.43 Å². The van der Waals surface area contributed by atoms with E-state index in [4.69, 9.17) is 9.15 Å². The fourth-order valence-electron chi connectivity index (χ4n) is 2.39. The van der Waals surface area contributed by atoms with E-state index in [2.05, 4.69) is 17.0 Å². The third-order valence-corrected chi connectivity index (χ3v) is 3.64. The van der Waals surface area contributed by atoms with Crippen molar-refractivity contribution in [2.75, 3.05) is 26.8 Å². The Kier molecular flexibility index (Phi) is 6.84. The number of hydrogen-bond donors (Lipinski definition) is 1. The van der Waals surface area contributed by atoms with Crippen LogP contribution in [0, 0.1) is 0 Å². The van der Waals surface area contributed by atoms with Crippen LogP contribution in [0.3, 0.4) is 0 Å². The van der Waals surface area contributed by atoms with Crippen LogP contribution in [-0.2, 0) is 17.7 Å². The van der Waals surface area contributed by atoms with E-state index >= 15 is 0 Å². The summed E-state index contributed by atoms with van der Waals surface area (Å²) in [6.07, 6.45) is 3.11. The minimum absolute atomic E-state index is 0.360. The molecule has 1 N–H and O–H groups in total. The van der Waals surface area contributed by atoms with Gasteiger partial charge in [-0.1, -0.05) is 30.3 Å². The Labute approximate surface area is 136 Å². The molecule has 0 aliphatic heterocycles. The average Bonchev–Trinajstić information content (AvgIpc) is 2.57. The summed E-state index contributed by atoms with van der Waals surface area (Å²) in [7, 11) is 1.67. The van der Waals surface area contributed by atoms with Crippen LogP contribution in [0.15, 0.2) is 51.9 Å². The number of aromatic hydroxyl groups is 1. The van der Waals surface area contributed by atoms with Gasteiger partial charge in [-0.05, 0) is 24.9 Å². The van der Waals surface area contributed by atoms with E-state index in [1.807, 2.05) is 18.2 Å². The van der Waals surface area contributed by atoms with E-state index in [9.17, 15) is 9.90 Å². The first kappa shape index (κ1) is 17.2. The van der Waals surface area contributed by atoms with Gasteiger partial charge >= 0.3 is 0 Å². The number of aryl methyl sites for hydroxylation is 1. The van der Waals surface area contributed by atoms with Crippen molar-refractivity contribution in [1.29, 1.82) is 0 Å². The largest absolute Gasteiger partial charge is 0.502 e. The third kappa shape index (κ3) is 5.88. The number of methoxy groups -OCH3 is 1. The van der Waals surface area contributed by atoms with Gasteiger partial charge in [-0.15, -0.1) is 0 Å². The summed E-state index contributed by atoms with van der Waals surface area (Å²) in [4.78, 5) is 13.7. The van der Waals surface area contributed by atoms with Crippen LogP contribution in [-0.4, -0.2) is 36.8 Å². The Balaban J connectivity index is 1.90. The van der Waals surface area contributed by atoms with Gasteiger partial charge in [-0.3, -0.25) is 9.69 Å². The molecule has 0 amide bonds. The Morgan fingerprint density at radius 3 is 2.70 bits per heavy atom. The maximum Gasteiger partial charge on any atom is 0.226 e. The maximum atomic E-state index is 11.5. The summed E-state index contributed by atoms with van der Waals surface area (Å²) < 4.78 is 10.4. The third-order valence-electron chi connectivity index (χ3n) is 3.64. The zero-order chi connectivity index (χ0) is 16.5. The summed E-state index contributed by atoms with van der Waals surface area (Å²) in [6.45, 7) is 2.78. The highest BCUT2D eigenvalue weighted by Crippen LogP contribution is 2.09. The molecule has 5 nitrogen and oxygen atoms in total. The minimum Gasteiger partial charge on any atom is -0.502 e. The summed E-state index contributed by atoms with van der Waals surface area (Å²) in [5, 5.41) is 9.25. The zero-order valence-electron chi connectivity index (χ0n) is 13.4. The molecular formula is C18H23NO4. The molecule has 0 spiro atoms. The lowest BCUT2D eigenvalue weighted by Gasteiger charge is -2.21. The Bertz CT molecular complexity index is 639. The van der Waals surface area contributed by atoms with Crippen molar-refractivity contribution in [3.05, 3.63) is 64.2 Å². The van der Waals surface area contributed by atoms with Gasteiger partial charge < -0.3 is 14.3 Å². The second-order valence-electron chi connectivity index (χ2n) is 5.45. The molecule has 0 unspecified atom stereocenters. The number of rotatable bonds is 9. The van der Waals surface area contributed by atoms with Crippen LogP contribution >= 0.6 is 0 Å². The van der Waals surface area contributed by atoms with Gasteiger partial charge in [0.1, 0.15) is 12.0 Å². The molecule has 0 fully saturated rings. The normalized spacial score (nSPS) is 11.0. The van der Waals surface area contributed by atoms with E-state index in [1.54, 1.807) is 7.11 Å². The quantitative estimate of drug-likeness (QED) is 0.769. The first-order chi connectivity index (χ1) is 11.2. The van der Waals surface area contributed by atoms with Crippen LogP contribution in [0.5, 0.6) is 5.75 Å². The maximum absolute atomic E-state index is 11.5. The van der Waals surface area contributed by atoms with Crippen molar-refractivity contribution < 1.29 is 14.3 Å². The van der Waals surface area contributed by atoms with Crippen LogP contribution < -0.4 is 5.43 Å². The predicted octanol–water partition coefficient (Wildman–Crippen LogP) is 2.43. The summed E-state index contributed by atoms with van der Waals surface area (Å²) in [6, 6.07) is 11.7. The van der Waals surface area contributed by atoms with Crippen molar-refractivity contribution in [1.82, 2.24) is 4.90 Å². The SMILES string of the molecule is COCCN(CCCc1ccccc1)Cc1cc(=O)c(O)co1. The fourth-order valence-corrected chi connectivity index (χ4v) is 2.39. The monoisotopic (exact) mass is 317 g/mol. The van der Waals surface area contributed by atoms with Crippen LogP contribution in [0.4, 0.5) is 0 Å². The van der Waals surface area contributed by atoms with Crippen molar-refractivity contribution >= 4 is 0 Å². The van der Waals surface area contributed by atoms with E-state index in [0.717, 1.165) is 32.2 Å². The van der Waals surface area contributed by atoms with Gasteiger partial charge in [0, 0.05) is 19.7 Å². The number of nitrogens with zero attached hydrogens (tertiary/aromatic N) is 1. The molecular weight excluding hydrogens is 294 g/mol. The first-order valence-electron chi connectivity index (χ1n) is 7.75. The molecule has 124 valence electrons. The number of ether oxygens (including phenoxy) is 1. The molecule has 0 aliphatic rings. The minimum atomic E-state index is -0.415. The van der Waals surface area contributed by atoms with E-state index < -0.39 is 5.43 Å². The Morgan fingerprint density at radius 1 is 1.22 bits per heavy atom. The Hall–Kier alpha value is -2.11. The standard InChI is InChI=1S/C18H23NO4/c1-22-11-10-19(9-5-8-15-6-3-2-4-7-15)13-16-12-17(20)18(21)14-23-16/h2-4,6-7,12,14,21H,5,8-11,13H2,1H3. The molecule has 0 bridgehead atoms. The lowest BCUT2D eigenvalue weighted by molar-refractivity contribution is 0.137. The second-order valence-corrected chi connectivity index (χ2v) is 5.45. The average molecular weight is 317 g/mol. The topological polar surface area (TPSA) is 62.9 Å². The zero-order valence-corrected chi connectivity index (χ0v) is 13.4. The lowest BCUT2D eigenvalue weighted by Crippen LogP contribution is -2.28. The van der Waals surface area contributed by atoms with E-state index in [1.165, 1.54) is 11.6 Å². The Morgan fingerprint density at radius 2 is 2.00 bits per heavy atom. The summed E-state index contributed by atoms with van der Waals surface area (Å²) in [5.74, 6) is 0.185. The second kappa shape index (κ2) is 9.12. The van der Waals surface area contributed by atoms with Gasteiger partial charge in [-0.2, -0.15) is 0 Å². The number of benzene rings is 1. The van der Waals surface area contributed by atoms with Gasteiger partial charge in [-0.25, -0.2) is 0 Å². The molecule has 0 saturated carbocycles. The molecule has 0 saturated heterocycles. The molecule has 23 heavy (non-hydrogen) atoms. The highest BCUT2D eigenvalue weighted by Gasteiger charge is 2.09. The molecule has 2 rings (SSSR count). The highest BCUT2D eigenvalue weighted by atomic mass is 16.5.